The molecule has 0 spiro atoms. The average molecular weight is 479 g/mol. The molecule has 1 aromatic carbocycles. The van der Waals surface area contributed by atoms with E-state index in [9.17, 15) is 19.8 Å². The van der Waals surface area contributed by atoms with E-state index >= 15 is 0 Å². The fourth-order valence-electron chi connectivity index (χ4n) is 5.06. The van der Waals surface area contributed by atoms with Crippen LogP contribution < -0.4 is 0 Å². The Balaban J connectivity index is 1.88. The van der Waals surface area contributed by atoms with Gasteiger partial charge in [-0.15, -0.1) is 0 Å². The zero-order chi connectivity index (χ0) is 25.1. The number of aromatic carboxylic acids is 1. The van der Waals surface area contributed by atoms with E-state index in [1.807, 2.05) is 22.8 Å². The Labute approximate surface area is 205 Å². The van der Waals surface area contributed by atoms with Crippen LogP contribution in [-0.2, 0) is 11.3 Å². The van der Waals surface area contributed by atoms with Crippen LogP contribution in [0.15, 0.2) is 42.7 Å². The van der Waals surface area contributed by atoms with Gasteiger partial charge in [-0.25, -0.2) is 4.79 Å². The Hall–Kier alpha value is -3.23. The highest BCUT2D eigenvalue weighted by molar-refractivity contribution is 5.99. The summed E-state index contributed by atoms with van der Waals surface area (Å²) in [7, 11) is 5.19. The number of aliphatic hydroxyl groups excluding tert-OH is 1. The van der Waals surface area contributed by atoms with Crippen molar-refractivity contribution < 1.29 is 19.8 Å². The van der Waals surface area contributed by atoms with Gasteiger partial charge in [-0.2, -0.15) is 0 Å². The minimum Gasteiger partial charge on any atom is -0.478 e. The third kappa shape index (κ3) is 5.23. The van der Waals surface area contributed by atoms with Gasteiger partial charge >= 0.3 is 5.97 Å². The summed E-state index contributed by atoms with van der Waals surface area (Å²) in [5.74, 6) is -0.829. The zero-order valence-electron chi connectivity index (χ0n) is 20.6. The van der Waals surface area contributed by atoms with Crippen LogP contribution in [0.2, 0.25) is 0 Å². The topological polar surface area (TPSA) is 98.9 Å². The Morgan fingerprint density at radius 2 is 1.89 bits per heavy atom. The molecular formula is C27H34N4O4. The smallest absolute Gasteiger partial charge is 0.335 e. The minimum absolute atomic E-state index is 0.0349. The van der Waals surface area contributed by atoms with E-state index in [0.717, 1.165) is 47.8 Å². The maximum atomic E-state index is 13.3. The van der Waals surface area contributed by atoms with E-state index in [1.165, 1.54) is 16.9 Å². The Morgan fingerprint density at radius 3 is 2.51 bits per heavy atom. The van der Waals surface area contributed by atoms with Crippen molar-refractivity contribution >= 4 is 22.8 Å². The molecule has 0 saturated heterocycles. The third-order valence-corrected chi connectivity index (χ3v) is 7.05. The number of carboxylic acids is 1. The van der Waals surface area contributed by atoms with Crippen LogP contribution >= 0.6 is 0 Å². The van der Waals surface area contributed by atoms with Crippen LogP contribution in [0, 0.1) is 0 Å². The van der Waals surface area contributed by atoms with Crippen molar-refractivity contribution in [1.82, 2.24) is 19.4 Å². The Bertz CT molecular complexity index is 1200. The lowest BCUT2D eigenvalue weighted by atomic mass is 9.82. The molecule has 2 N–H and O–H groups in total. The van der Waals surface area contributed by atoms with Gasteiger partial charge in [0.2, 0.25) is 5.91 Å². The van der Waals surface area contributed by atoms with Gasteiger partial charge in [-0.1, -0.05) is 25.3 Å². The lowest BCUT2D eigenvalue weighted by Crippen LogP contribution is -2.42. The van der Waals surface area contributed by atoms with Gasteiger partial charge in [0.25, 0.3) is 0 Å². The molecule has 4 rings (SSSR count). The number of rotatable bonds is 8. The summed E-state index contributed by atoms with van der Waals surface area (Å²) in [6.07, 6.45) is 8.41. The second kappa shape index (κ2) is 10.6. The Kier molecular flexibility index (Phi) is 7.52. The fraction of sp³-hybridized carbons (Fsp3) is 0.444. The molecule has 1 aliphatic rings. The summed E-state index contributed by atoms with van der Waals surface area (Å²) in [6.45, 7) is 0.205. The average Bonchev–Trinajstić information content (AvgIpc) is 3.18. The molecule has 1 amide bonds. The summed E-state index contributed by atoms with van der Waals surface area (Å²) < 4.78 is 1.95. The summed E-state index contributed by atoms with van der Waals surface area (Å²) in [4.78, 5) is 32.7. The molecule has 1 unspecified atom stereocenters. The van der Waals surface area contributed by atoms with Gasteiger partial charge in [0.1, 0.15) is 12.8 Å². The fourth-order valence-corrected chi connectivity index (χ4v) is 5.06. The molecule has 186 valence electrons. The van der Waals surface area contributed by atoms with Gasteiger partial charge in [0.15, 0.2) is 0 Å². The highest BCUT2D eigenvalue weighted by atomic mass is 16.4. The minimum atomic E-state index is -1.00. The summed E-state index contributed by atoms with van der Waals surface area (Å²) >= 11 is 0. The first-order valence-electron chi connectivity index (χ1n) is 12.2. The van der Waals surface area contributed by atoms with Crippen LogP contribution in [0.25, 0.3) is 22.2 Å². The van der Waals surface area contributed by atoms with Crippen LogP contribution in [-0.4, -0.2) is 75.4 Å². The standard InChI is InChI=1S/C27H34N4O4/c1-29(2)23(32)16-30(3)24(33)17-31-22-14-19(27(34)35)11-12-21(22)25(18-8-5-4-6-9-18)26(31)20-10-7-13-28-15-20/h7,10-15,18,23,32H,4-6,8-9,16-17H2,1-3H3,(H,34,35). The van der Waals surface area contributed by atoms with E-state index < -0.39 is 12.2 Å². The molecule has 1 aliphatic carbocycles. The molecule has 2 heterocycles. The molecule has 0 bridgehead atoms. The molecule has 0 radical (unpaired) electrons. The zero-order valence-corrected chi connectivity index (χ0v) is 20.6. The molecule has 1 saturated carbocycles. The molecule has 1 atom stereocenters. The number of aromatic nitrogens is 2. The molecule has 1 fully saturated rings. The maximum absolute atomic E-state index is 13.3. The number of amides is 1. The molecule has 8 nitrogen and oxygen atoms in total. The van der Waals surface area contributed by atoms with E-state index in [-0.39, 0.29) is 24.6 Å². The molecule has 0 aliphatic heterocycles. The van der Waals surface area contributed by atoms with Crippen molar-refractivity contribution in [1.29, 1.82) is 0 Å². The van der Waals surface area contributed by atoms with Crippen molar-refractivity contribution in [3.63, 3.8) is 0 Å². The lowest BCUT2D eigenvalue weighted by molar-refractivity contribution is -0.133. The van der Waals surface area contributed by atoms with Crippen LogP contribution in [0.1, 0.15) is 53.9 Å². The highest BCUT2D eigenvalue weighted by Crippen LogP contribution is 2.44. The molecule has 2 aromatic heterocycles. The van der Waals surface area contributed by atoms with E-state index in [1.54, 1.807) is 50.6 Å². The van der Waals surface area contributed by atoms with Crippen molar-refractivity contribution in [2.45, 2.75) is 50.8 Å². The lowest BCUT2D eigenvalue weighted by Gasteiger charge is -2.26. The number of hydrogen-bond acceptors (Lipinski definition) is 5. The van der Waals surface area contributed by atoms with Gasteiger partial charge in [0, 0.05) is 30.4 Å². The summed E-state index contributed by atoms with van der Waals surface area (Å²) in [6, 6.07) is 9.09. The first-order valence-corrected chi connectivity index (χ1v) is 12.2. The number of carbonyl (C=O) groups is 2. The van der Waals surface area contributed by atoms with Crippen molar-refractivity contribution in [2.75, 3.05) is 27.7 Å². The quantitative estimate of drug-likeness (QED) is 0.478. The number of pyridine rings is 1. The van der Waals surface area contributed by atoms with Crippen molar-refractivity contribution in [3.05, 3.63) is 53.9 Å². The number of carboxylic acid groups (broad SMARTS) is 1. The summed E-state index contributed by atoms with van der Waals surface area (Å²) in [5, 5.41) is 20.9. The maximum Gasteiger partial charge on any atom is 0.335 e. The highest BCUT2D eigenvalue weighted by Gasteiger charge is 2.28. The second-order valence-corrected chi connectivity index (χ2v) is 9.68. The van der Waals surface area contributed by atoms with Crippen molar-refractivity contribution in [3.8, 4) is 11.3 Å². The predicted molar refractivity (Wildman–Crippen MR) is 135 cm³/mol. The van der Waals surface area contributed by atoms with E-state index in [4.69, 9.17) is 0 Å². The number of benzene rings is 1. The van der Waals surface area contributed by atoms with Gasteiger partial charge in [0.05, 0.1) is 23.3 Å². The number of aliphatic hydroxyl groups is 1. The number of nitrogens with zero attached hydrogens (tertiary/aromatic N) is 4. The Morgan fingerprint density at radius 1 is 1.14 bits per heavy atom. The van der Waals surface area contributed by atoms with Crippen LogP contribution in [0.4, 0.5) is 0 Å². The molecule has 8 heteroatoms. The van der Waals surface area contributed by atoms with E-state index in [0.29, 0.717) is 5.92 Å². The van der Waals surface area contributed by atoms with Gasteiger partial charge in [-0.05, 0) is 62.7 Å². The van der Waals surface area contributed by atoms with Crippen LogP contribution in [0.3, 0.4) is 0 Å². The monoisotopic (exact) mass is 478 g/mol. The van der Waals surface area contributed by atoms with Gasteiger partial charge < -0.3 is 19.7 Å². The first kappa shape index (κ1) is 24.9. The second-order valence-electron chi connectivity index (χ2n) is 9.68. The number of likely N-dealkylation sites (N-methyl/N-ethyl adjacent to an activating group) is 2. The van der Waals surface area contributed by atoms with Gasteiger partial charge in [-0.3, -0.25) is 14.7 Å². The first-order chi connectivity index (χ1) is 16.8. The van der Waals surface area contributed by atoms with Crippen LogP contribution in [0.5, 0.6) is 0 Å². The molecular weight excluding hydrogens is 444 g/mol. The predicted octanol–water partition coefficient (Wildman–Crippen LogP) is 3.79. The number of carbonyl (C=O) groups excluding carboxylic acids is 1. The summed E-state index contributed by atoms with van der Waals surface area (Å²) in [5.41, 5.74) is 3.93. The van der Waals surface area contributed by atoms with Crippen molar-refractivity contribution in [2.24, 2.45) is 0 Å². The molecule has 3 aromatic rings. The molecule has 35 heavy (non-hydrogen) atoms. The largest absolute Gasteiger partial charge is 0.478 e. The normalized spacial score (nSPS) is 15.5. The number of hydrogen-bond donors (Lipinski definition) is 2. The third-order valence-electron chi connectivity index (χ3n) is 7.05. The van der Waals surface area contributed by atoms with E-state index in [2.05, 4.69) is 4.98 Å². The SMILES string of the molecule is CN(CC(O)N(C)C)C(=O)Cn1c(-c2cccnc2)c(C2CCCCC2)c2ccc(C(=O)O)cc21. The number of fused-ring (bicyclic) bond motifs is 1.